The Morgan fingerprint density at radius 2 is 2.26 bits per heavy atom. The zero-order valence-electron chi connectivity index (χ0n) is 15.6. The molecule has 3 aromatic heterocycles. The van der Waals surface area contributed by atoms with Crippen molar-refractivity contribution in [3.63, 3.8) is 0 Å². The van der Waals surface area contributed by atoms with Gasteiger partial charge in [0.05, 0.1) is 11.5 Å². The van der Waals surface area contributed by atoms with Crippen molar-refractivity contribution in [2.45, 2.75) is 45.1 Å². The second kappa shape index (κ2) is 7.17. The summed E-state index contributed by atoms with van der Waals surface area (Å²) in [5, 5.41) is 4.83. The number of rotatable bonds is 4. The van der Waals surface area contributed by atoms with Crippen molar-refractivity contribution in [1.29, 1.82) is 0 Å². The first-order chi connectivity index (χ1) is 13.3. The summed E-state index contributed by atoms with van der Waals surface area (Å²) in [6.07, 6.45) is 9.70. The first-order valence-electron chi connectivity index (χ1n) is 9.86. The molecule has 1 aliphatic carbocycles. The van der Waals surface area contributed by atoms with Crippen molar-refractivity contribution in [2.24, 2.45) is 5.92 Å². The van der Waals surface area contributed by atoms with Gasteiger partial charge in [-0.3, -0.25) is 4.98 Å². The normalized spacial score (nSPS) is 22.1. The average molecular weight is 381 g/mol. The van der Waals surface area contributed by atoms with Crippen LogP contribution < -0.4 is 5.32 Å². The van der Waals surface area contributed by atoms with Crippen LogP contribution in [0.15, 0.2) is 24.5 Å². The molecule has 1 fully saturated rings. The van der Waals surface area contributed by atoms with Crippen molar-refractivity contribution in [3.05, 3.63) is 35.0 Å². The van der Waals surface area contributed by atoms with E-state index >= 15 is 0 Å². The third kappa shape index (κ3) is 3.32. The van der Waals surface area contributed by atoms with Crippen LogP contribution in [0.25, 0.3) is 21.6 Å². The lowest BCUT2D eigenvalue weighted by atomic mass is 9.89. The summed E-state index contributed by atoms with van der Waals surface area (Å²) in [5.41, 5.74) is 2.42. The minimum absolute atomic E-state index is 0.284. The first kappa shape index (κ1) is 17.1. The van der Waals surface area contributed by atoms with Crippen LogP contribution in [0.3, 0.4) is 0 Å². The maximum Gasteiger partial charge on any atom is 0.164 e. The molecule has 1 N–H and O–H groups in total. The minimum atomic E-state index is 0.284. The Kier molecular flexibility index (Phi) is 4.53. The van der Waals surface area contributed by atoms with E-state index in [4.69, 9.17) is 14.7 Å². The van der Waals surface area contributed by atoms with Gasteiger partial charge in [-0.2, -0.15) is 0 Å². The molecule has 0 aromatic carbocycles. The fourth-order valence-electron chi connectivity index (χ4n) is 4.11. The molecule has 27 heavy (non-hydrogen) atoms. The van der Waals surface area contributed by atoms with Gasteiger partial charge in [0.2, 0.25) is 0 Å². The zero-order valence-corrected chi connectivity index (χ0v) is 16.4. The van der Waals surface area contributed by atoms with Crippen LogP contribution in [0.1, 0.15) is 36.6 Å². The van der Waals surface area contributed by atoms with Gasteiger partial charge >= 0.3 is 0 Å². The van der Waals surface area contributed by atoms with Crippen molar-refractivity contribution in [3.8, 4) is 11.4 Å². The van der Waals surface area contributed by atoms with E-state index in [-0.39, 0.29) is 6.10 Å². The number of fused-ring (bicyclic) bond motifs is 3. The lowest BCUT2D eigenvalue weighted by Gasteiger charge is -2.19. The highest BCUT2D eigenvalue weighted by Gasteiger charge is 2.25. The summed E-state index contributed by atoms with van der Waals surface area (Å²) in [5.74, 6) is 2.46. The molecule has 1 aliphatic heterocycles. The molecule has 2 atom stereocenters. The van der Waals surface area contributed by atoms with Gasteiger partial charge in [0, 0.05) is 36.0 Å². The molecule has 0 unspecified atom stereocenters. The van der Waals surface area contributed by atoms with Gasteiger partial charge in [-0.05, 0) is 55.7 Å². The Balaban J connectivity index is 1.59. The molecular formula is C21H24N4OS. The van der Waals surface area contributed by atoms with Gasteiger partial charge in [0.1, 0.15) is 10.6 Å². The molecule has 6 heteroatoms. The van der Waals surface area contributed by atoms with E-state index < -0.39 is 0 Å². The molecule has 4 heterocycles. The Morgan fingerprint density at radius 1 is 1.30 bits per heavy atom. The smallest absolute Gasteiger partial charge is 0.164 e. The second-order valence-electron chi connectivity index (χ2n) is 7.69. The van der Waals surface area contributed by atoms with Crippen LogP contribution in [0.2, 0.25) is 0 Å². The van der Waals surface area contributed by atoms with Crippen LogP contribution in [-0.2, 0) is 17.6 Å². The van der Waals surface area contributed by atoms with E-state index in [1.807, 2.05) is 29.7 Å². The number of anilines is 1. The molecular weight excluding hydrogens is 356 g/mol. The zero-order chi connectivity index (χ0) is 18.2. The predicted octanol–water partition coefficient (Wildman–Crippen LogP) is 4.47. The van der Waals surface area contributed by atoms with Gasteiger partial charge in [0.15, 0.2) is 5.82 Å². The van der Waals surface area contributed by atoms with Crippen LogP contribution in [0, 0.1) is 5.92 Å². The second-order valence-corrected chi connectivity index (χ2v) is 8.77. The Labute approximate surface area is 163 Å². The molecule has 0 spiro atoms. The predicted molar refractivity (Wildman–Crippen MR) is 109 cm³/mol. The maximum absolute atomic E-state index is 5.80. The summed E-state index contributed by atoms with van der Waals surface area (Å²) >= 11 is 1.84. The van der Waals surface area contributed by atoms with E-state index in [1.165, 1.54) is 22.2 Å². The fourth-order valence-corrected chi connectivity index (χ4v) is 5.49. The number of nitrogens with one attached hydrogen (secondary N) is 1. The number of nitrogens with zero attached hydrogens (tertiary/aromatic N) is 3. The fraction of sp³-hybridized carbons (Fsp3) is 0.476. The van der Waals surface area contributed by atoms with Crippen molar-refractivity contribution < 1.29 is 4.74 Å². The molecule has 5 rings (SSSR count). The molecule has 140 valence electrons. The number of thiophene rings is 1. The minimum Gasteiger partial charge on any atom is -0.376 e. The molecule has 3 aromatic rings. The highest BCUT2D eigenvalue weighted by molar-refractivity contribution is 7.19. The maximum atomic E-state index is 5.80. The molecule has 5 nitrogen and oxygen atoms in total. The summed E-state index contributed by atoms with van der Waals surface area (Å²) in [6.45, 7) is 4.02. The van der Waals surface area contributed by atoms with Gasteiger partial charge < -0.3 is 10.1 Å². The monoisotopic (exact) mass is 380 g/mol. The lowest BCUT2D eigenvalue weighted by Crippen LogP contribution is -2.19. The molecule has 0 bridgehead atoms. The number of hydrogen-bond acceptors (Lipinski definition) is 6. The molecule has 1 saturated heterocycles. The van der Waals surface area contributed by atoms with Crippen LogP contribution in [-0.4, -0.2) is 34.2 Å². The third-order valence-corrected chi connectivity index (χ3v) is 6.74. The highest BCUT2D eigenvalue weighted by atomic mass is 32.1. The van der Waals surface area contributed by atoms with E-state index in [0.29, 0.717) is 0 Å². The summed E-state index contributed by atoms with van der Waals surface area (Å²) < 4.78 is 5.80. The number of aryl methyl sites for hydroxylation is 1. The van der Waals surface area contributed by atoms with Crippen molar-refractivity contribution in [2.75, 3.05) is 18.5 Å². The largest absolute Gasteiger partial charge is 0.376 e. The van der Waals surface area contributed by atoms with E-state index in [1.54, 1.807) is 6.20 Å². The number of hydrogen-bond donors (Lipinski definition) is 1. The van der Waals surface area contributed by atoms with E-state index in [9.17, 15) is 0 Å². The van der Waals surface area contributed by atoms with E-state index in [2.05, 4.69) is 17.2 Å². The van der Waals surface area contributed by atoms with Gasteiger partial charge in [0.25, 0.3) is 0 Å². The Morgan fingerprint density at radius 3 is 3.07 bits per heavy atom. The molecule has 0 amide bonds. The SMILES string of the molecule is C[C@H]1CCc2c(sc3nc(-c4cccnc4)nc(NC[C@H]4CCCO4)c23)C1. The molecule has 2 aliphatic rings. The van der Waals surface area contributed by atoms with E-state index in [0.717, 1.165) is 66.8 Å². The molecule has 0 radical (unpaired) electrons. The van der Waals surface area contributed by atoms with Crippen LogP contribution >= 0.6 is 11.3 Å². The number of ether oxygens (including phenoxy) is 1. The van der Waals surface area contributed by atoms with Gasteiger partial charge in [-0.15, -0.1) is 11.3 Å². The lowest BCUT2D eigenvalue weighted by molar-refractivity contribution is 0.120. The topological polar surface area (TPSA) is 59.9 Å². The van der Waals surface area contributed by atoms with Crippen molar-refractivity contribution in [1.82, 2.24) is 15.0 Å². The summed E-state index contributed by atoms with van der Waals surface area (Å²) in [4.78, 5) is 16.7. The quantitative estimate of drug-likeness (QED) is 0.724. The highest BCUT2D eigenvalue weighted by Crippen LogP contribution is 2.40. The standard InChI is InChI=1S/C21H24N4OS/c1-13-6-7-16-17(10-13)27-21-18(16)20(23-12-15-5-3-9-26-15)24-19(25-21)14-4-2-8-22-11-14/h2,4,8,11,13,15H,3,5-7,9-10,12H2,1H3,(H,23,24,25)/t13-,15+/m0/s1. The Bertz CT molecular complexity index is 950. The van der Waals surface area contributed by atoms with Gasteiger partial charge in [-0.1, -0.05) is 6.92 Å². The summed E-state index contributed by atoms with van der Waals surface area (Å²) in [7, 11) is 0. The summed E-state index contributed by atoms with van der Waals surface area (Å²) in [6, 6.07) is 3.96. The van der Waals surface area contributed by atoms with Gasteiger partial charge in [-0.25, -0.2) is 9.97 Å². The van der Waals surface area contributed by atoms with Crippen molar-refractivity contribution >= 4 is 27.4 Å². The first-order valence-corrected chi connectivity index (χ1v) is 10.7. The van der Waals surface area contributed by atoms with Crippen LogP contribution in [0.4, 0.5) is 5.82 Å². The van der Waals surface area contributed by atoms with Crippen LogP contribution in [0.5, 0.6) is 0 Å². The molecule has 0 saturated carbocycles. The average Bonchev–Trinajstić information content (AvgIpc) is 3.33. The Hall–Kier alpha value is -2.05. The number of aromatic nitrogens is 3. The third-order valence-electron chi connectivity index (χ3n) is 5.60. The number of pyridine rings is 1.